The Morgan fingerprint density at radius 3 is 2.04 bits per heavy atom. The third kappa shape index (κ3) is 5.78. The molecule has 1 aromatic carbocycles. The van der Waals surface area contributed by atoms with E-state index in [0.29, 0.717) is 37.1 Å². The third-order valence-corrected chi connectivity index (χ3v) is 4.50. The molecule has 1 aliphatic carbocycles. The van der Waals surface area contributed by atoms with Gasteiger partial charge in [-0.25, -0.2) is 4.79 Å². The molecule has 0 aromatic heterocycles. The van der Waals surface area contributed by atoms with Gasteiger partial charge >= 0.3 is 5.97 Å². The van der Waals surface area contributed by atoms with E-state index in [0.717, 1.165) is 25.7 Å². The van der Waals surface area contributed by atoms with E-state index < -0.39 is 12.1 Å². The molecule has 0 heterocycles. The van der Waals surface area contributed by atoms with E-state index in [2.05, 4.69) is 5.32 Å². The highest BCUT2D eigenvalue weighted by molar-refractivity contribution is 5.93. The molecule has 0 radical (unpaired) electrons. The second-order valence-corrected chi connectivity index (χ2v) is 6.64. The number of benzene rings is 1. The highest BCUT2D eigenvalue weighted by Crippen LogP contribution is 2.39. The van der Waals surface area contributed by atoms with Crippen molar-refractivity contribution in [2.45, 2.75) is 65.5 Å². The standard InChI is InChI=1S/C21H31NO6/c1-5-25-17-12-15(13-18(26-6-2)19(17)27-7-3)21(24)28-14(4)20(23)22-16-10-8-9-11-16/h12-14,16H,5-11H2,1-4H3,(H,22,23)/t14-/m1/s1. The summed E-state index contributed by atoms with van der Waals surface area (Å²) in [6.45, 7) is 8.37. The van der Waals surface area contributed by atoms with Gasteiger partial charge in [-0.1, -0.05) is 12.8 Å². The predicted molar refractivity (Wildman–Crippen MR) is 105 cm³/mol. The van der Waals surface area contributed by atoms with Crippen LogP contribution in [0.3, 0.4) is 0 Å². The second kappa shape index (κ2) is 10.8. The van der Waals surface area contributed by atoms with Crippen molar-refractivity contribution in [2.75, 3.05) is 19.8 Å². The number of amides is 1. The lowest BCUT2D eigenvalue weighted by Gasteiger charge is -2.19. The Morgan fingerprint density at radius 1 is 1.00 bits per heavy atom. The molecular formula is C21H31NO6. The lowest BCUT2D eigenvalue weighted by Crippen LogP contribution is -2.40. The Labute approximate surface area is 166 Å². The van der Waals surface area contributed by atoms with Gasteiger partial charge in [0.1, 0.15) is 0 Å². The van der Waals surface area contributed by atoms with Crippen LogP contribution in [0, 0.1) is 0 Å². The van der Waals surface area contributed by atoms with Crippen molar-refractivity contribution in [3.05, 3.63) is 17.7 Å². The molecule has 1 aliphatic rings. The van der Waals surface area contributed by atoms with Crippen LogP contribution in [0.1, 0.15) is 63.7 Å². The largest absolute Gasteiger partial charge is 0.490 e. The number of nitrogens with one attached hydrogen (secondary N) is 1. The summed E-state index contributed by atoms with van der Waals surface area (Å²) in [5, 5.41) is 2.94. The fourth-order valence-electron chi connectivity index (χ4n) is 3.18. The number of rotatable bonds is 10. The van der Waals surface area contributed by atoms with Crippen LogP contribution >= 0.6 is 0 Å². The number of hydrogen-bond donors (Lipinski definition) is 1. The van der Waals surface area contributed by atoms with Crippen molar-refractivity contribution in [1.29, 1.82) is 0 Å². The van der Waals surface area contributed by atoms with Crippen LogP contribution in [0.5, 0.6) is 17.2 Å². The molecule has 1 atom stereocenters. The molecule has 7 heteroatoms. The van der Waals surface area contributed by atoms with Crippen molar-refractivity contribution in [1.82, 2.24) is 5.32 Å². The van der Waals surface area contributed by atoms with E-state index in [1.54, 1.807) is 19.1 Å². The summed E-state index contributed by atoms with van der Waals surface area (Å²) in [6.07, 6.45) is 3.30. The third-order valence-electron chi connectivity index (χ3n) is 4.50. The number of carbonyl (C=O) groups excluding carboxylic acids is 2. The van der Waals surface area contributed by atoms with E-state index >= 15 is 0 Å². The Morgan fingerprint density at radius 2 is 1.54 bits per heavy atom. The van der Waals surface area contributed by atoms with E-state index in [1.807, 2.05) is 20.8 Å². The van der Waals surface area contributed by atoms with E-state index in [-0.39, 0.29) is 17.5 Å². The lowest BCUT2D eigenvalue weighted by molar-refractivity contribution is -0.129. The number of hydrogen-bond acceptors (Lipinski definition) is 6. The smallest absolute Gasteiger partial charge is 0.339 e. The van der Waals surface area contributed by atoms with Crippen molar-refractivity contribution >= 4 is 11.9 Å². The summed E-state index contributed by atoms with van der Waals surface area (Å²) in [7, 11) is 0. The summed E-state index contributed by atoms with van der Waals surface area (Å²) in [5.74, 6) is 0.380. The first-order valence-corrected chi connectivity index (χ1v) is 10.1. The van der Waals surface area contributed by atoms with Crippen molar-refractivity contribution in [2.24, 2.45) is 0 Å². The maximum Gasteiger partial charge on any atom is 0.339 e. The molecule has 1 amide bonds. The number of carbonyl (C=O) groups is 2. The fourth-order valence-corrected chi connectivity index (χ4v) is 3.18. The summed E-state index contributed by atoms with van der Waals surface area (Å²) in [4.78, 5) is 24.9. The highest BCUT2D eigenvalue weighted by Gasteiger charge is 2.25. The minimum Gasteiger partial charge on any atom is -0.490 e. The van der Waals surface area contributed by atoms with Gasteiger partial charge in [0.25, 0.3) is 5.91 Å². The van der Waals surface area contributed by atoms with Gasteiger partial charge in [0.05, 0.1) is 25.4 Å². The van der Waals surface area contributed by atoms with Crippen molar-refractivity contribution in [3.63, 3.8) is 0 Å². The van der Waals surface area contributed by atoms with Gasteiger partial charge in [-0.2, -0.15) is 0 Å². The molecule has 0 aliphatic heterocycles. The summed E-state index contributed by atoms with van der Waals surface area (Å²) < 4.78 is 22.2. The molecule has 0 bridgehead atoms. The lowest BCUT2D eigenvalue weighted by atomic mass is 10.1. The minimum atomic E-state index is -0.884. The molecule has 1 fully saturated rings. The van der Waals surface area contributed by atoms with Crippen LogP contribution in [0.15, 0.2) is 12.1 Å². The quantitative estimate of drug-likeness (QED) is 0.613. The van der Waals surface area contributed by atoms with Gasteiger partial charge in [0.2, 0.25) is 5.75 Å². The average Bonchev–Trinajstić information content (AvgIpc) is 3.17. The maximum absolute atomic E-state index is 12.6. The Hall–Kier alpha value is -2.44. The monoisotopic (exact) mass is 393 g/mol. The second-order valence-electron chi connectivity index (χ2n) is 6.64. The van der Waals surface area contributed by atoms with E-state index in [4.69, 9.17) is 18.9 Å². The molecule has 0 saturated heterocycles. The molecule has 7 nitrogen and oxygen atoms in total. The molecular weight excluding hydrogens is 362 g/mol. The zero-order valence-electron chi connectivity index (χ0n) is 17.2. The average molecular weight is 393 g/mol. The minimum absolute atomic E-state index is 0.174. The molecule has 1 saturated carbocycles. The topological polar surface area (TPSA) is 83.1 Å². The first kappa shape index (κ1) is 21.9. The van der Waals surface area contributed by atoms with E-state index in [9.17, 15) is 9.59 Å². The molecule has 1 aromatic rings. The van der Waals surface area contributed by atoms with Gasteiger partial charge in [0.15, 0.2) is 17.6 Å². The highest BCUT2D eigenvalue weighted by atomic mass is 16.6. The summed E-state index contributed by atoms with van der Waals surface area (Å²) in [6, 6.07) is 3.29. The zero-order chi connectivity index (χ0) is 20.5. The number of ether oxygens (including phenoxy) is 4. The maximum atomic E-state index is 12.6. The van der Waals surface area contributed by atoms with Crippen LogP contribution < -0.4 is 19.5 Å². The predicted octanol–water partition coefficient (Wildman–Crippen LogP) is 3.49. The first-order chi connectivity index (χ1) is 13.5. The molecule has 2 rings (SSSR count). The van der Waals surface area contributed by atoms with Crippen LogP contribution in [-0.4, -0.2) is 43.8 Å². The normalized spacial score (nSPS) is 15.0. The van der Waals surface area contributed by atoms with Gasteiger partial charge in [-0.3, -0.25) is 4.79 Å². The fraction of sp³-hybridized carbons (Fsp3) is 0.619. The molecule has 28 heavy (non-hydrogen) atoms. The molecule has 156 valence electrons. The van der Waals surface area contributed by atoms with Gasteiger partial charge < -0.3 is 24.3 Å². The van der Waals surface area contributed by atoms with Crippen LogP contribution in [0.4, 0.5) is 0 Å². The molecule has 0 unspecified atom stereocenters. The van der Waals surface area contributed by atoms with Crippen LogP contribution in [0.2, 0.25) is 0 Å². The number of esters is 1. The first-order valence-electron chi connectivity index (χ1n) is 10.1. The Bertz CT molecular complexity index is 642. The van der Waals surface area contributed by atoms with Crippen molar-refractivity contribution < 1.29 is 28.5 Å². The van der Waals surface area contributed by atoms with E-state index in [1.165, 1.54) is 0 Å². The molecule has 0 spiro atoms. The van der Waals surface area contributed by atoms with Gasteiger partial charge in [0, 0.05) is 6.04 Å². The zero-order valence-corrected chi connectivity index (χ0v) is 17.2. The van der Waals surface area contributed by atoms with Crippen LogP contribution in [0.25, 0.3) is 0 Å². The summed E-state index contributed by atoms with van der Waals surface area (Å²) in [5.41, 5.74) is 0.246. The summed E-state index contributed by atoms with van der Waals surface area (Å²) >= 11 is 0. The Kier molecular flexibility index (Phi) is 8.42. The SMILES string of the molecule is CCOc1cc(C(=O)O[C@H](C)C(=O)NC2CCCC2)cc(OCC)c1OCC. The van der Waals surface area contributed by atoms with Gasteiger partial charge in [-0.15, -0.1) is 0 Å². The van der Waals surface area contributed by atoms with Crippen LogP contribution in [-0.2, 0) is 9.53 Å². The Balaban J connectivity index is 2.14. The molecule has 1 N–H and O–H groups in total. The van der Waals surface area contributed by atoms with Gasteiger partial charge in [-0.05, 0) is 52.7 Å². The van der Waals surface area contributed by atoms with Crippen molar-refractivity contribution in [3.8, 4) is 17.2 Å².